The molecule has 16 heavy (non-hydrogen) atoms. The highest BCUT2D eigenvalue weighted by atomic mass is 79.9. The van der Waals surface area contributed by atoms with Crippen molar-refractivity contribution >= 4 is 38.9 Å². The molecule has 0 aliphatic carbocycles. The Balaban J connectivity index is 2.15. The molecule has 1 heterocycles. The quantitative estimate of drug-likeness (QED) is 0.887. The van der Waals surface area contributed by atoms with Gasteiger partial charge in [0.25, 0.3) is 0 Å². The molecular weight excluding hydrogens is 308 g/mol. The lowest BCUT2D eigenvalue weighted by Gasteiger charge is -2.10. The Bertz CT molecular complexity index is 470. The highest BCUT2D eigenvalue weighted by Crippen LogP contribution is 2.27. The fraction of sp³-hybridized carbons (Fsp3) is 0.167. The zero-order valence-electron chi connectivity index (χ0n) is 8.36. The van der Waals surface area contributed by atoms with Gasteiger partial charge in [0.2, 0.25) is 0 Å². The highest BCUT2D eigenvalue weighted by Gasteiger charge is 2.11. The van der Waals surface area contributed by atoms with Crippen molar-refractivity contribution in [2.75, 3.05) is 0 Å². The van der Waals surface area contributed by atoms with E-state index in [-0.39, 0.29) is 0 Å². The molecule has 1 atom stereocenters. The average Bonchev–Trinajstić information content (AvgIpc) is 2.75. The second-order valence-electron chi connectivity index (χ2n) is 3.47. The summed E-state index contributed by atoms with van der Waals surface area (Å²) in [6.07, 6.45) is 0.0748. The number of aliphatic hydroxyl groups excluding tert-OH is 1. The molecule has 0 amide bonds. The summed E-state index contributed by atoms with van der Waals surface area (Å²) < 4.78 is 0.951. The fourth-order valence-electron chi connectivity index (χ4n) is 1.48. The maximum Gasteiger partial charge on any atom is 0.0922 e. The summed E-state index contributed by atoms with van der Waals surface area (Å²) in [6, 6.07) is 9.58. The van der Waals surface area contributed by atoms with E-state index >= 15 is 0 Å². The predicted molar refractivity (Wildman–Crippen MR) is 72.1 cm³/mol. The van der Waals surface area contributed by atoms with Gasteiger partial charge in [-0.2, -0.15) is 0 Å². The highest BCUT2D eigenvalue weighted by molar-refractivity contribution is 9.10. The van der Waals surface area contributed by atoms with Crippen molar-refractivity contribution in [2.24, 2.45) is 0 Å². The predicted octanol–water partition coefficient (Wildman–Crippen LogP) is 4.44. The van der Waals surface area contributed by atoms with E-state index in [0.717, 1.165) is 14.9 Å². The molecule has 0 aliphatic rings. The van der Waals surface area contributed by atoms with Gasteiger partial charge in [-0.15, -0.1) is 11.3 Å². The molecule has 1 aromatic heterocycles. The Morgan fingerprint density at radius 1 is 1.38 bits per heavy atom. The minimum atomic E-state index is -0.473. The first-order valence-corrected chi connectivity index (χ1v) is 6.87. The normalized spacial score (nSPS) is 12.7. The average molecular weight is 318 g/mol. The summed E-state index contributed by atoms with van der Waals surface area (Å²) in [7, 11) is 0. The summed E-state index contributed by atoms with van der Waals surface area (Å²) >= 11 is 11.0. The van der Waals surface area contributed by atoms with Gasteiger partial charge < -0.3 is 5.11 Å². The standard InChI is InChI=1S/C12H10BrClOS/c13-9-4-3-8(10(14)7-9)6-11(15)12-2-1-5-16-12/h1-5,7,11,15H,6H2. The summed E-state index contributed by atoms with van der Waals surface area (Å²) in [5.41, 5.74) is 0.964. The van der Waals surface area contributed by atoms with E-state index in [1.165, 1.54) is 0 Å². The number of hydrogen-bond donors (Lipinski definition) is 1. The van der Waals surface area contributed by atoms with Crippen molar-refractivity contribution in [1.82, 2.24) is 0 Å². The van der Waals surface area contributed by atoms with E-state index in [1.807, 2.05) is 35.7 Å². The van der Waals surface area contributed by atoms with Crippen LogP contribution in [0.1, 0.15) is 16.5 Å². The second kappa shape index (κ2) is 5.32. The van der Waals surface area contributed by atoms with Gasteiger partial charge in [-0.25, -0.2) is 0 Å². The number of hydrogen-bond acceptors (Lipinski definition) is 2. The monoisotopic (exact) mass is 316 g/mol. The van der Waals surface area contributed by atoms with E-state index in [0.29, 0.717) is 11.4 Å². The number of benzene rings is 1. The Labute approximate surface area is 112 Å². The van der Waals surface area contributed by atoms with Crippen LogP contribution in [0.2, 0.25) is 5.02 Å². The molecule has 0 aliphatic heterocycles. The summed E-state index contributed by atoms with van der Waals surface area (Å²) in [6.45, 7) is 0. The van der Waals surface area contributed by atoms with Crippen LogP contribution >= 0.6 is 38.9 Å². The Morgan fingerprint density at radius 2 is 2.19 bits per heavy atom. The topological polar surface area (TPSA) is 20.2 Å². The van der Waals surface area contributed by atoms with Crippen molar-refractivity contribution in [3.8, 4) is 0 Å². The van der Waals surface area contributed by atoms with Gasteiger partial charge in [0, 0.05) is 20.8 Å². The van der Waals surface area contributed by atoms with Crippen molar-refractivity contribution in [3.05, 3.63) is 55.6 Å². The molecule has 0 radical (unpaired) electrons. The van der Waals surface area contributed by atoms with Crippen LogP contribution in [0.15, 0.2) is 40.2 Å². The Kier molecular flexibility index (Phi) is 4.03. The van der Waals surface area contributed by atoms with Crippen LogP contribution in [-0.4, -0.2) is 5.11 Å². The molecule has 4 heteroatoms. The van der Waals surface area contributed by atoms with Crippen molar-refractivity contribution in [3.63, 3.8) is 0 Å². The molecule has 0 spiro atoms. The number of rotatable bonds is 3. The molecule has 0 saturated heterocycles. The van der Waals surface area contributed by atoms with Gasteiger partial charge in [0.05, 0.1) is 6.10 Å². The third-order valence-electron chi connectivity index (χ3n) is 2.30. The zero-order valence-corrected chi connectivity index (χ0v) is 11.5. The first kappa shape index (κ1) is 12.1. The van der Waals surface area contributed by atoms with Gasteiger partial charge in [0.1, 0.15) is 0 Å². The van der Waals surface area contributed by atoms with Gasteiger partial charge >= 0.3 is 0 Å². The van der Waals surface area contributed by atoms with E-state index in [1.54, 1.807) is 11.3 Å². The Hall–Kier alpha value is -0.350. The largest absolute Gasteiger partial charge is 0.387 e. The number of thiophene rings is 1. The smallest absolute Gasteiger partial charge is 0.0922 e. The lowest BCUT2D eigenvalue weighted by molar-refractivity contribution is 0.182. The van der Waals surface area contributed by atoms with Gasteiger partial charge in [0.15, 0.2) is 0 Å². The maximum atomic E-state index is 10.00. The minimum absolute atomic E-state index is 0.473. The second-order valence-corrected chi connectivity index (χ2v) is 5.77. The van der Waals surface area contributed by atoms with Crippen LogP contribution in [0.5, 0.6) is 0 Å². The number of halogens is 2. The van der Waals surface area contributed by atoms with Gasteiger partial charge in [-0.1, -0.05) is 39.7 Å². The van der Waals surface area contributed by atoms with Crippen molar-refractivity contribution < 1.29 is 5.11 Å². The third kappa shape index (κ3) is 2.86. The summed E-state index contributed by atoms with van der Waals surface area (Å²) in [5.74, 6) is 0. The zero-order chi connectivity index (χ0) is 11.5. The molecule has 2 rings (SSSR count). The van der Waals surface area contributed by atoms with E-state index in [4.69, 9.17) is 11.6 Å². The first-order chi connectivity index (χ1) is 7.66. The molecule has 1 nitrogen and oxygen atoms in total. The molecular formula is C12H10BrClOS. The summed E-state index contributed by atoms with van der Waals surface area (Å²) in [4.78, 5) is 0.971. The Morgan fingerprint density at radius 3 is 2.81 bits per heavy atom. The van der Waals surface area contributed by atoms with Gasteiger partial charge in [-0.05, 0) is 29.1 Å². The fourth-order valence-corrected chi connectivity index (χ4v) is 2.94. The third-order valence-corrected chi connectivity index (χ3v) is 4.12. The molecule has 1 aromatic carbocycles. The van der Waals surface area contributed by atoms with Crippen LogP contribution in [0.3, 0.4) is 0 Å². The molecule has 2 aromatic rings. The SMILES string of the molecule is OC(Cc1ccc(Br)cc1Cl)c1cccs1. The maximum absolute atomic E-state index is 10.00. The molecule has 0 fully saturated rings. The molecule has 0 bridgehead atoms. The molecule has 1 unspecified atom stereocenters. The van der Waals surface area contributed by atoms with Crippen molar-refractivity contribution in [2.45, 2.75) is 12.5 Å². The van der Waals surface area contributed by atoms with Crippen LogP contribution in [-0.2, 0) is 6.42 Å². The minimum Gasteiger partial charge on any atom is -0.387 e. The van der Waals surface area contributed by atoms with E-state index < -0.39 is 6.10 Å². The van der Waals surface area contributed by atoms with Crippen LogP contribution in [0.25, 0.3) is 0 Å². The molecule has 1 N–H and O–H groups in total. The number of aliphatic hydroxyl groups is 1. The molecule has 0 saturated carbocycles. The van der Waals surface area contributed by atoms with E-state index in [9.17, 15) is 5.11 Å². The van der Waals surface area contributed by atoms with Crippen LogP contribution in [0.4, 0.5) is 0 Å². The van der Waals surface area contributed by atoms with E-state index in [2.05, 4.69) is 15.9 Å². The lowest BCUT2D eigenvalue weighted by atomic mass is 10.1. The van der Waals surface area contributed by atoms with Gasteiger partial charge in [-0.3, -0.25) is 0 Å². The van der Waals surface area contributed by atoms with Crippen molar-refractivity contribution in [1.29, 1.82) is 0 Å². The van der Waals surface area contributed by atoms with Crippen LogP contribution in [0, 0.1) is 0 Å². The molecule has 84 valence electrons. The summed E-state index contributed by atoms with van der Waals surface area (Å²) in [5, 5.41) is 12.6. The lowest BCUT2D eigenvalue weighted by Crippen LogP contribution is -2.00. The first-order valence-electron chi connectivity index (χ1n) is 4.82. The van der Waals surface area contributed by atoms with Crippen LogP contribution < -0.4 is 0 Å².